The van der Waals surface area contributed by atoms with Gasteiger partial charge in [-0.15, -0.1) is 0 Å². The molecule has 0 saturated heterocycles. The molecule has 0 aliphatic heterocycles. The van der Waals surface area contributed by atoms with Crippen molar-refractivity contribution in [3.05, 3.63) is 72.1 Å². The van der Waals surface area contributed by atoms with Crippen molar-refractivity contribution >= 4 is 0 Å². The maximum Gasteiger partial charge on any atom is 0.226 e. The Labute approximate surface area is 148 Å². The molecule has 25 heavy (non-hydrogen) atoms. The van der Waals surface area contributed by atoms with Gasteiger partial charge < -0.3 is 14.5 Å². The van der Waals surface area contributed by atoms with Crippen LogP contribution in [0.4, 0.5) is 0 Å². The first kappa shape index (κ1) is 17.2. The molecule has 0 aliphatic carbocycles. The lowest BCUT2D eigenvalue weighted by Gasteiger charge is -2.12. The normalized spacial score (nSPS) is 12.1. The minimum atomic E-state index is 0.418. The topological polar surface area (TPSA) is 47.3 Å². The number of nitrogens with zero attached hydrogens (tertiary/aromatic N) is 1. The van der Waals surface area contributed by atoms with Crippen LogP contribution < -0.4 is 10.1 Å². The zero-order valence-corrected chi connectivity index (χ0v) is 14.7. The van der Waals surface area contributed by atoms with Crippen LogP contribution in [-0.2, 0) is 13.0 Å². The van der Waals surface area contributed by atoms with Gasteiger partial charge in [0.05, 0.1) is 12.8 Å². The largest absolute Gasteiger partial charge is 0.497 e. The van der Waals surface area contributed by atoms with Crippen LogP contribution in [0.3, 0.4) is 0 Å². The Morgan fingerprint density at radius 3 is 2.56 bits per heavy atom. The Morgan fingerprint density at radius 1 is 1.08 bits per heavy atom. The molecule has 4 nitrogen and oxygen atoms in total. The highest BCUT2D eigenvalue weighted by atomic mass is 16.5. The molecule has 130 valence electrons. The number of hydrogen-bond acceptors (Lipinski definition) is 4. The van der Waals surface area contributed by atoms with Gasteiger partial charge in [-0.2, -0.15) is 0 Å². The first-order valence-corrected chi connectivity index (χ1v) is 8.61. The second-order valence-electron chi connectivity index (χ2n) is 6.18. The zero-order chi connectivity index (χ0) is 17.5. The van der Waals surface area contributed by atoms with Crippen molar-refractivity contribution in [3.8, 4) is 17.2 Å². The molecule has 0 saturated carbocycles. The van der Waals surface area contributed by atoms with Crippen molar-refractivity contribution in [2.24, 2.45) is 0 Å². The number of ether oxygens (including phenoxy) is 1. The number of oxazole rings is 1. The Morgan fingerprint density at radius 2 is 1.84 bits per heavy atom. The third kappa shape index (κ3) is 4.94. The van der Waals surface area contributed by atoms with E-state index in [2.05, 4.69) is 47.6 Å². The molecule has 1 unspecified atom stereocenters. The number of hydrogen-bond donors (Lipinski definition) is 1. The van der Waals surface area contributed by atoms with Gasteiger partial charge in [-0.25, -0.2) is 4.98 Å². The summed E-state index contributed by atoms with van der Waals surface area (Å²) in [6, 6.07) is 18.7. The summed E-state index contributed by atoms with van der Waals surface area (Å²) < 4.78 is 10.8. The lowest BCUT2D eigenvalue weighted by atomic mass is 10.1. The summed E-state index contributed by atoms with van der Waals surface area (Å²) in [5.74, 6) is 1.46. The molecule has 0 spiro atoms. The number of aromatic nitrogens is 1. The van der Waals surface area contributed by atoms with Crippen molar-refractivity contribution < 1.29 is 9.15 Å². The number of rotatable bonds is 8. The molecule has 1 N–H and O–H groups in total. The Balaban J connectivity index is 1.49. The SMILES string of the molecule is COc1ccc(-c2nc(CNC(C)CCc3ccccc3)co2)cc1. The smallest absolute Gasteiger partial charge is 0.226 e. The van der Waals surface area contributed by atoms with Gasteiger partial charge >= 0.3 is 0 Å². The van der Waals surface area contributed by atoms with Gasteiger partial charge in [0.15, 0.2) is 0 Å². The van der Waals surface area contributed by atoms with E-state index in [9.17, 15) is 0 Å². The van der Waals surface area contributed by atoms with E-state index in [0.29, 0.717) is 18.5 Å². The van der Waals surface area contributed by atoms with Crippen LogP contribution in [0.15, 0.2) is 65.3 Å². The van der Waals surface area contributed by atoms with Crippen LogP contribution >= 0.6 is 0 Å². The number of methoxy groups -OCH3 is 1. The van der Waals surface area contributed by atoms with E-state index in [1.165, 1.54) is 5.56 Å². The molecule has 1 atom stereocenters. The third-order valence-electron chi connectivity index (χ3n) is 4.23. The van der Waals surface area contributed by atoms with Crippen molar-refractivity contribution in [1.29, 1.82) is 0 Å². The maximum absolute atomic E-state index is 5.59. The summed E-state index contributed by atoms with van der Waals surface area (Å²) in [4.78, 5) is 4.56. The second kappa shape index (κ2) is 8.49. The van der Waals surface area contributed by atoms with E-state index in [1.807, 2.05) is 24.3 Å². The molecule has 0 radical (unpaired) electrons. The minimum Gasteiger partial charge on any atom is -0.497 e. The maximum atomic E-state index is 5.59. The van der Waals surface area contributed by atoms with Crippen LogP contribution in [0.25, 0.3) is 11.5 Å². The van der Waals surface area contributed by atoms with E-state index in [-0.39, 0.29) is 0 Å². The summed E-state index contributed by atoms with van der Waals surface area (Å²) in [6.07, 6.45) is 3.88. The van der Waals surface area contributed by atoms with E-state index in [4.69, 9.17) is 9.15 Å². The van der Waals surface area contributed by atoms with E-state index in [0.717, 1.165) is 29.8 Å². The van der Waals surface area contributed by atoms with E-state index in [1.54, 1.807) is 13.4 Å². The quantitative estimate of drug-likeness (QED) is 0.660. The lowest BCUT2D eigenvalue weighted by molar-refractivity contribution is 0.415. The third-order valence-corrected chi connectivity index (χ3v) is 4.23. The summed E-state index contributed by atoms with van der Waals surface area (Å²) in [5, 5.41) is 3.51. The molecular weight excluding hydrogens is 312 g/mol. The highest BCUT2D eigenvalue weighted by Crippen LogP contribution is 2.21. The van der Waals surface area contributed by atoms with Crippen LogP contribution in [0.2, 0.25) is 0 Å². The highest BCUT2D eigenvalue weighted by molar-refractivity contribution is 5.54. The predicted molar refractivity (Wildman–Crippen MR) is 99.6 cm³/mol. The van der Waals surface area contributed by atoms with Gasteiger partial charge in [0.25, 0.3) is 0 Å². The van der Waals surface area contributed by atoms with Crippen molar-refractivity contribution in [1.82, 2.24) is 10.3 Å². The molecule has 4 heteroatoms. The molecule has 3 rings (SSSR count). The molecule has 2 aromatic carbocycles. The van der Waals surface area contributed by atoms with Crippen LogP contribution in [0.1, 0.15) is 24.6 Å². The van der Waals surface area contributed by atoms with Crippen LogP contribution in [0.5, 0.6) is 5.75 Å². The monoisotopic (exact) mass is 336 g/mol. The predicted octanol–water partition coefficient (Wildman–Crippen LogP) is 4.46. The lowest BCUT2D eigenvalue weighted by Crippen LogP contribution is -2.26. The van der Waals surface area contributed by atoms with Gasteiger partial charge in [0.1, 0.15) is 12.0 Å². The molecular formula is C21H24N2O2. The summed E-state index contributed by atoms with van der Waals surface area (Å²) >= 11 is 0. The van der Waals surface area contributed by atoms with Crippen LogP contribution in [0, 0.1) is 0 Å². The second-order valence-corrected chi connectivity index (χ2v) is 6.18. The Hall–Kier alpha value is -2.59. The zero-order valence-electron chi connectivity index (χ0n) is 14.7. The first-order chi connectivity index (χ1) is 12.2. The number of nitrogens with one attached hydrogen (secondary N) is 1. The van der Waals surface area contributed by atoms with Crippen LogP contribution in [-0.4, -0.2) is 18.1 Å². The number of aryl methyl sites for hydroxylation is 1. The van der Waals surface area contributed by atoms with Crippen molar-refractivity contribution in [2.75, 3.05) is 7.11 Å². The average Bonchev–Trinajstić information content (AvgIpc) is 3.14. The summed E-state index contributed by atoms with van der Waals surface area (Å²) in [6.45, 7) is 2.91. The van der Waals surface area contributed by atoms with E-state index < -0.39 is 0 Å². The average molecular weight is 336 g/mol. The molecule has 1 aromatic heterocycles. The fraction of sp³-hybridized carbons (Fsp3) is 0.286. The highest BCUT2D eigenvalue weighted by Gasteiger charge is 2.08. The molecule has 0 amide bonds. The van der Waals surface area contributed by atoms with Gasteiger partial charge in [-0.05, 0) is 49.6 Å². The van der Waals surface area contributed by atoms with E-state index >= 15 is 0 Å². The molecule has 0 bridgehead atoms. The Kier molecular flexibility index (Phi) is 5.86. The standard InChI is InChI=1S/C21H24N2O2/c1-16(8-9-17-6-4-3-5-7-17)22-14-19-15-25-21(23-19)18-10-12-20(24-2)13-11-18/h3-7,10-13,15-16,22H,8-9,14H2,1-2H3. The fourth-order valence-electron chi connectivity index (χ4n) is 2.66. The van der Waals surface area contributed by atoms with Crippen molar-refractivity contribution in [3.63, 3.8) is 0 Å². The minimum absolute atomic E-state index is 0.418. The van der Waals surface area contributed by atoms with Gasteiger partial charge in [0.2, 0.25) is 5.89 Å². The van der Waals surface area contributed by atoms with Gasteiger partial charge in [-0.1, -0.05) is 30.3 Å². The molecule has 3 aromatic rings. The fourth-order valence-corrected chi connectivity index (χ4v) is 2.66. The molecule has 1 heterocycles. The summed E-state index contributed by atoms with van der Waals surface area (Å²) in [7, 11) is 1.66. The molecule has 0 fully saturated rings. The first-order valence-electron chi connectivity index (χ1n) is 8.61. The number of benzene rings is 2. The van der Waals surface area contributed by atoms with Crippen molar-refractivity contribution in [2.45, 2.75) is 32.4 Å². The summed E-state index contributed by atoms with van der Waals surface area (Å²) in [5.41, 5.74) is 3.24. The molecule has 0 aliphatic rings. The van der Waals surface area contributed by atoms with Gasteiger partial charge in [-0.3, -0.25) is 0 Å². The van der Waals surface area contributed by atoms with Gasteiger partial charge in [0, 0.05) is 18.2 Å². The Bertz CT molecular complexity index is 766.